The van der Waals surface area contributed by atoms with Crippen molar-refractivity contribution in [3.8, 4) is 0 Å². The number of nitrogen functional groups attached to an aromatic ring is 1. The fourth-order valence-electron chi connectivity index (χ4n) is 1.63. The van der Waals surface area contributed by atoms with Crippen LogP contribution in [-0.4, -0.2) is 20.0 Å². The largest absolute Gasteiger partial charge is 0.382 e. The van der Waals surface area contributed by atoms with Crippen molar-refractivity contribution in [1.29, 1.82) is 0 Å². The monoisotopic (exact) mass is 233 g/mol. The predicted molar refractivity (Wildman–Crippen MR) is 65.7 cm³/mol. The Labute approximate surface area is 99.1 Å². The van der Waals surface area contributed by atoms with E-state index < -0.39 is 0 Å². The second-order valence-corrected chi connectivity index (χ2v) is 4.04. The molecular formula is C11H15N5O. The van der Waals surface area contributed by atoms with Crippen molar-refractivity contribution < 1.29 is 4.79 Å². The Hall–Kier alpha value is -2.24. The zero-order valence-corrected chi connectivity index (χ0v) is 10.1. The van der Waals surface area contributed by atoms with Gasteiger partial charge in [-0.3, -0.25) is 4.79 Å². The summed E-state index contributed by atoms with van der Waals surface area (Å²) in [6.45, 7) is 1.97. The van der Waals surface area contributed by atoms with Gasteiger partial charge >= 0.3 is 0 Å². The van der Waals surface area contributed by atoms with Crippen LogP contribution in [0.15, 0.2) is 18.5 Å². The number of hydrogen-bond acceptors (Lipinski definition) is 3. The molecule has 3 N–H and O–H groups in total. The van der Waals surface area contributed by atoms with E-state index in [0.717, 1.165) is 11.4 Å². The summed E-state index contributed by atoms with van der Waals surface area (Å²) in [5, 5.41) is 2.78. The molecule has 2 aromatic heterocycles. The van der Waals surface area contributed by atoms with Crippen LogP contribution in [0.4, 0.5) is 11.5 Å². The number of nitrogens with two attached hydrogens (primary N) is 1. The lowest BCUT2D eigenvalue weighted by molar-refractivity contribution is 0.101. The maximum atomic E-state index is 11.9. The first kappa shape index (κ1) is 11.3. The van der Waals surface area contributed by atoms with Crippen LogP contribution >= 0.6 is 0 Å². The molecule has 0 saturated heterocycles. The molecule has 0 aliphatic rings. The second kappa shape index (κ2) is 3.97. The van der Waals surface area contributed by atoms with Crippen molar-refractivity contribution in [3.05, 3.63) is 30.0 Å². The molecule has 0 unspecified atom stereocenters. The van der Waals surface area contributed by atoms with Gasteiger partial charge in [-0.1, -0.05) is 0 Å². The van der Waals surface area contributed by atoms with Crippen molar-refractivity contribution in [3.63, 3.8) is 0 Å². The molecule has 2 aromatic rings. The van der Waals surface area contributed by atoms with Gasteiger partial charge in [0.25, 0.3) is 5.91 Å². The molecular weight excluding hydrogens is 218 g/mol. The van der Waals surface area contributed by atoms with E-state index in [1.807, 2.05) is 30.8 Å². The maximum absolute atomic E-state index is 11.9. The van der Waals surface area contributed by atoms with Gasteiger partial charge in [0.05, 0.1) is 5.69 Å². The van der Waals surface area contributed by atoms with Crippen LogP contribution < -0.4 is 11.1 Å². The highest BCUT2D eigenvalue weighted by Crippen LogP contribution is 2.13. The predicted octanol–water partition coefficient (Wildman–Crippen LogP) is 0.902. The molecule has 0 radical (unpaired) electrons. The fourth-order valence-corrected chi connectivity index (χ4v) is 1.63. The third-order valence-corrected chi connectivity index (χ3v) is 2.61. The molecule has 0 aliphatic heterocycles. The van der Waals surface area contributed by atoms with Crippen LogP contribution in [0.5, 0.6) is 0 Å². The molecule has 2 rings (SSSR count). The molecule has 17 heavy (non-hydrogen) atoms. The van der Waals surface area contributed by atoms with E-state index >= 15 is 0 Å². The van der Waals surface area contributed by atoms with Crippen LogP contribution in [0.25, 0.3) is 0 Å². The van der Waals surface area contributed by atoms with E-state index in [-0.39, 0.29) is 5.91 Å². The van der Waals surface area contributed by atoms with Crippen molar-refractivity contribution >= 4 is 17.4 Å². The first-order chi connectivity index (χ1) is 7.97. The summed E-state index contributed by atoms with van der Waals surface area (Å²) in [5.74, 6) is 0.362. The first-order valence-corrected chi connectivity index (χ1v) is 5.20. The van der Waals surface area contributed by atoms with Crippen LogP contribution in [0, 0.1) is 6.92 Å². The number of carbonyl (C=O) groups excluding carboxylic acids is 1. The molecule has 0 aliphatic carbocycles. The highest BCUT2D eigenvalue weighted by molar-refractivity contribution is 6.02. The maximum Gasteiger partial charge on any atom is 0.291 e. The number of aryl methyl sites for hydroxylation is 3. The summed E-state index contributed by atoms with van der Waals surface area (Å²) in [6.07, 6.45) is 3.45. The van der Waals surface area contributed by atoms with Crippen LogP contribution in [0.3, 0.4) is 0 Å². The molecule has 0 bridgehead atoms. The summed E-state index contributed by atoms with van der Waals surface area (Å²) in [6, 6.07) is 1.89. The molecule has 0 saturated carbocycles. The number of carbonyl (C=O) groups is 1. The molecule has 6 nitrogen and oxygen atoms in total. The number of nitrogens with one attached hydrogen (secondary N) is 1. The second-order valence-electron chi connectivity index (χ2n) is 4.04. The molecule has 0 atom stereocenters. The van der Waals surface area contributed by atoms with Crippen molar-refractivity contribution in [2.75, 3.05) is 11.1 Å². The van der Waals surface area contributed by atoms with E-state index in [1.54, 1.807) is 17.8 Å². The molecule has 1 amide bonds. The Kier molecular flexibility index (Phi) is 2.63. The number of rotatable bonds is 2. The zero-order chi connectivity index (χ0) is 12.6. The number of nitrogens with zero attached hydrogens (tertiary/aromatic N) is 3. The van der Waals surface area contributed by atoms with E-state index in [0.29, 0.717) is 11.6 Å². The standard InChI is InChI=1S/C11H15N5O/c1-7-4-8(5-15(7)2)13-11(17)10-14-9(12)6-16(10)3/h4-6H,12H2,1-3H3,(H,13,17). The Morgan fingerprint density at radius 1 is 1.35 bits per heavy atom. The number of imidazole rings is 1. The summed E-state index contributed by atoms with van der Waals surface area (Å²) in [7, 11) is 3.65. The highest BCUT2D eigenvalue weighted by atomic mass is 16.2. The molecule has 6 heteroatoms. The molecule has 0 aromatic carbocycles. The minimum Gasteiger partial charge on any atom is -0.382 e. The summed E-state index contributed by atoms with van der Waals surface area (Å²) >= 11 is 0. The van der Waals surface area contributed by atoms with E-state index in [4.69, 9.17) is 5.73 Å². The van der Waals surface area contributed by atoms with E-state index in [1.165, 1.54) is 0 Å². The Bertz CT molecular complexity index is 547. The van der Waals surface area contributed by atoms with Gasteiger partial charge in [0, 0.05) is 32.2 Å². The van der Waals surface area contributed by atoms with Gasteiger partial charge in [-0.2, -0.15) is 0 Å². The van der Waals surface area contributed by atoms with Crippen molar-refractivity contribution in [2.45, 2.75) is 6.92 Å². The minimum atomic E-state index is -0.269. The summed E-state index contributed by atoms with van der Waals surface area (Å²) in [4.78, 5) is 15.9. The molecule has 2 heterocycles. The lowest BCUT2D eigenvalue weighted by Crippen LogP contribution is -2.16. The molecule has 90 valence electrons. The summed E-state index contributed by atoms with van der Waals surface area (Å²) in [5.41, 5.74) is 7.34. The number of anilines is 2. The van der Waals surface area contributed by atoms with Gasteiger partial charge in [0.2, 0.25) is 5.82 Å². The third-order valence-electron chi connectivity index (χ3n) is 2.61. The van der Waals surface area contributed by atoms with Gasteiger partial charge in [-0.05, 0) is 13.0 Å². The quantitative estimate of drug-likeness (QED) is 0.809. The van der Waals surface area contributed by atoms with Crippen LogP contribution in [-0.2, 0) is 14.1 Å². The smallest absolute Gasteiger partial charge is 0.291 e. The van der Waals surface area contributed by atoms with Crippen molar-refractivity contribution in [2.24, 2.45) is 14.1 Å². The van der Waals surface area contributed by atoms with Crippen molar-refractivity contribution in [1.82, 2.24) is 14.1 Å². The Balaban J connectivity index is 2.19. The number of amides is 1. The average Bonchev–Trinajstić information content (AvgIpc) is 2.71. The first-order valence-electron chi connectivity index (χ1n) is 5.20. The van der Waals surface area contributed by atoms with Gasteiger partial charge in [0.1, 0.15) is 5.82 Å². The molecule has 0 fully saturated rings. The SMILES string of the molecule is Cc1cc(NC(=O)c2nc(N)cn2C)cn1C. The molecule has 0 spiro atoms. The van der Waals surface area contributed by atoms with E-state index in [9.17, 15) is 4.79 Å². The normalized spacial score (nSPS) is 10.5. The van der Waals surface area contributed by atoms with Crippen LogP contribution in [0.1, 0.15) is 16.3 Å². The van der Waals surface area contributed by atoms with Crippen LogP contribution in [0.2, 0.25) is 0 Å². The Morgan fingerprint density at radius 3 is 2.53 bits per heavy atom. The summed E-state index contributed by atoms with van der Waals surface area (Å²) < 4.78 is 3.53. The fraction of sp³-hybridized carbons (Fsp3) is 0.273. The van der Waals surface area contributed by atoms with Gasteiger partial charge < -0.3 is 20.2 Å². The number of hydrogen-bond donors (Lipinski definition) is 2. The lowest BCUT2D eigenvalue weighted by Gasteiger charge is -2.01. The lowest BCUT2D eigenvalue weighted by atomic mass is 10.4. The third kappa shape index (κ3) is 2.15. The topological polar surface area (TPSA) is 77.9 Å². The highest BCUT2D eigenvalue weighted by Gasteiger charge is 2.13. The van der Waals surface area contributed by atoms with Gasteiger partial charge in [0.15, 0.2) is 0 Å². The van der Waals surface area contributed by atoms with E-state index in [2.05, 4.69) is 10.3 Å². The Morgan fingerprint density at radius 2 is 2.06 bits per heavy atom. The number of aromatic nitrogens is 3. The van der Waals surface area contributed by atoms with Gasteiger partial charge in [-0.25, -0.2) is 4.98 Å². The minimum absolute atomic E-state index is 0.269. The van der Waals surface area contributed by atoms with Gasteiger partial charge in [-0.15, -0.1) is 0 Å². The zero-order valence-electron chi connectivity index (χ0n) is 10.1. The average molecular weight is 233 g/mol.